The summed E-state index contributed by atoms with van der Waals surface area (Å²) in [6.07, 6.45) is 0. The third kappa shape index (κ3) is 5.41. The van der Waals surface area contributed by atoms with E-state index in [0.717, 1.165) is 55.3 Å². The number of benzene rings is 8. The summed E-state index contributed by atoms with van der Waals surface area (Å²) in [5.74, 6) is 1.78. The molecule has 8 aromatic carbocycles. The highest BCUT2D eigenvalue weighted by Gasteiger charge is 2.39. The fraction of sp³-hybridized carbons (Fsp3) is 0.0556. The molecule has 4 nitrogen and oxygen atoms in total. The summed E-state index contributed by atoms with van der Waals surface area (Å²) >= 11 is 0. The summed E-state index contributed by atoms with van der Waals surface area (Å²) in [6, 6.07) is 66.0. The van der Waals surface area contributed by atoms with Gasteiger partial charge in [0.05, 0.1) is 5.56 Å². The quantitative estimate of drug-likeness (QED) is 0.170. The van der Waals surface area contributed by atoms with Crippen molar-refractivity contribution < 1.29 is 4.42 Å². The molecule has 0 unspecified atom stereocenters. The summed E-state index contributed by atoms with van der Waals surface area (Å²) in [4.78, 5) is 16.1. The number of hydrogen-bond donors (Lipinski definition) is 0. The molecule has 58 heavy (non-hydrogen) atoms. The Morgan fingerprint density at radius 3 is 1.62 bits per heavy atom. The highest BCUT2D eigenvalue weighted by molar-refractivity contribution is 6.09. The van der Waals surface area contributed by atoms with Gasteiger partial charge in [0.2, 0.25) is 0 Å². The van der Waals surface area contributed by atoms with Gasteiger partial charge >= 0.3 is 0 Å². The summed E-state index contributed by atoms with van der Waals surface area (Å²) in [6.45, 7) is 4.67. The molecule has 0 saturated carbocycles. The number of para-hydroxylation sites is 2. The highest BCUT2D eigenvalue weighted by Crippen LogP contribution is 2.55. The van der Waals surface area contributed by atoms with Crippen LogP contribution in [0.2, 0.25) is 0 Å². The van der Waals surface area contributed by atoms with Crippen molar-refractivity contribution in [2.75, 3.05) is 0 Å². The molecule has 0 spiro atoms. The molecule has 0 saturated heterocycles. The van der Waals surface area contributed by atoms with E-state index >= 15 is 0 Å². The number of hydrogen-bond acceptors (Lipinski definition) is 4. The fourth-order valence-corrected chi connectivity index (χ4v) is 9.02. The fourth-order valence-electron chi connectivity index (χ4n) is 9.02. The van der Waals surface area contributed by atoms with Gasteiger partial charge in [0.1, 0.15) is 11.2 Å². The normalized spacial score (nSPS) is 12.8. The second kappa shape index (κ2) is 13.4. The Kier molecular flexibility index (Phi) is 7.80. The third-order valence-electron chi connectivity index (χ3n) is 11.8. The molecule has 0 atom stereocenters. The maximum Gasteiger partial charge on any atom is 0.167 e. The van der Waals surface area contributed by atoms with Gasteiger partial charge in [-0.15, -0.1) is 0 Å². The van der Waals surface area contributed by atoms with E-state index in [9.17, 15) is 0 Å². The molecule has 2 aromatic heterocycles. The molecule has 0 aliphatic heterocycles. The van der Waals surface area contributed by atoms with Gasteiger partial charge in [-0.1, -0.05) is 184 Å². The third-order valence-corrected chi connectivity index (χ3v) is 11.8. The lowest BCUT2D eigenvalue weighted by Crippen LogP contribution is -2.16. The monoisotopic (exact) mass is 743 g/mol. The molecule has 274 valence electrons. The van der Waals surface area contributed by atoms with Crippen LogP contribution in [0.15, 0.2) is 192 Å². The molecule has 4 heteroatoms. The minimum absolute atomic E-state index is 0.260. The lowest BCUT2D eigenvalue weighted by molar-refractivity contribution is 0.662. The number of furan rings is 1. The van der Waals surface area contributed by atoms with Gasteiger partial charge in [0, 0.05) is 27.3 Å². The zero-order valence-corrected chi connectivity index (χ0v) is 32.1. The van der Waals surface area contributed by atoms with Gasteiger partial charge in [-0.05, 0) is 73.8 Å². The average molecular weight is 744 g/mol. The summed E-state index contributed by atoms with van der Waals surface area (Å²) in [5.41, 5.74) is 15.9. The predicted octanol–water partition coefficient (Wildman–Crippen LogP) is 14.1. The molecule has 0 N–H and O–H groups in total. The van der Waals surface area contributed by atoms with Crippen LogP contribution in [0, 0.1) is 0 Å². The van der Waals surface area contributed by atoms with Crippen LogP contribution in [0.1, 0.15) is 25.0 Å². The molecule has 1 aliphatic carbocycles. The Morgan fingerprint density at radius 2 is 0.862 bits per heavy atom. The van der Waals surface area contributed by atoms with Gasteiger partial charge < -0.3 is 4.42 Å². The van der Waals surface area contributed by atoms with E-state index < -0.39 is 0 Å². The molecule has 11 rings (SSSR count). The van der Waals surface area contributed by atoms with Crippen molar-refractivity contribution in [2.45, 2.75) is 19.3 Å². The van der Waals surface area contributed by atoms with E-state index in [1.807, 2.05) is 24.3 Å². The largest absolute Gasteiger partial charge is 0.455 e. The highest BCUT2D eigenvalue weighted by atomic mass is 16.3. The summed E-state index contributed by atoms with van der Waals surface area (Å²) < 4.78 is 6.58. The first-order valence-corrected chi connectivity index (χ1v) is 19.8. The van der Waals surface area contributed by atoms with Gasteiger partial charge in [-0.3, -0.25) is 0 Å². The zero-order valence-electron chi connectivity index (χ0n) is 32.1. The van der Waals surface area contributed by atoms with Crippen LogP contribution in [0.4, 0.5) is 0 Å². The molecule has 0 bridgehead atoms. The Bertz CT molecular complexity index is 3180. The second-order valence-corrected chi connectivity index (χ2v) is 15.5. The number of fused-ring (bicyclic) bond motifs is 6. The first kappa shape index (κ1) is 33.9. The second-order valence-electron chi connectivity index (χ2n) is 15.5. The van der Waals surface area contributed by atoms with Crippen LogP contribution in [0.25, 0.3) is 101 Å². The van der Waals surface area contributed by atoms with Gasteiger partial charge in [-0.2, -0.15) is 0 Å². The lowest BCUT2D eigenvalue weighted by Gasteiger charge is -2.25. The first-order chi connectivity index (χ1) is 28.5. The van der Waals surface area contributed by atoms with Crippen LogP contribution < -0.4 is 0 Å². The average Bonchev–Trinajstić information content (AvgIpc) is 3.79. The van der Waals surface area contributed by atoms with Crippen molar-refractivity contribution >= 4 is 21.9 Å². The standard InChI is InChI=1S/C54H37N3O/c1-54(2)46-26-13-11-23-43(46)48-44(33-32-39(49(48)54)36-18-7-4-8-19-36)52-55-51(56-53(57-52)45-25-15-24-41-40-21-12-14-27-47(40)58-50(41)45)42-22-10-9-20-38(42)37-30-28-35(29-31-37)34-16-5-3-6-17-34/h3-33H,1-2H3. The lowest BCUT2D eigenvalue weighted by atomic mass is 9.78. The van der Waals surface area contributed by atoms with E-state index in [4.69, 9.17) is 19.4 Å². The SMILES string of the molecule is CC1(C)c2ccccc2-c2c(-c3nc(-c4ccccc4-c4ccc(-c5ccccc5)cc4)nc(-c4cccc5c4oc4ccccc45)n3)ccc(-c3ccccc3)c21. The van der Waals surface area contributed by atoms with E-state index in [-0.39, 0.29) is 5.41 Å². The van der Waals surface area contributed by atoms with Gasteiger partial charge in [0.15, 0.2) is 17.5 Å². The summed E-state index contributed by atoms with van der Waals surface area (Å²) in [7, 11) is 0. The van der Waals surface area contributed by atoms with Crippen LogP contribution in [0.5, 0.6) is 0 Å². The van der Waals surface area contributed by atoms with E-state index in [1.165, 1.54) is 38.9 Å². The molecule has 0 amide bonds. The Balaban J connectivity index is 1.17. The van der Waals surface area contributed by atoms with Crippen molar-refractivity contribution in [2.24, 2.45) is 0 Å². The molecule has 10 aromatic rings. The Morgan fingerprint density at radius 1 is 0.362 bits per heavy atom. The van der Waals surface area contributed by atoms with Crippen LogP contribution in [0.3, 0.4) is 0 Å². The molecular formula is C54H37N3O. The zero-order chi connectivity index (χ0) is 38.8. The minimum Gasteiger partial charge on any atom is -0.455 e. The van der Waals surface area contributed by atoms with Crippen molar-refractivity contribution in [3.63, 3.8) is 0 Å². The van der Waals surface area contributed by atoms with Crippen molar-refractivity contribution in [1.82, 2.24) is 15.0 Å². The van der Waals surface area contributed by atoms with Gasteiger partial charge in [0.25, 0.3) is 0 Å². The number of rotatable bonds is 6. The van der Waals surface area contributed by atoms with E-state index in [1.54, 1.807) is 0 Å². The minimum atomic E-state index is -0.260. The van der Waals surface area contributed by atoms with Crippen LogP contribution in [-0.4, -0.2) is 15.0 Å². The van der Waals surface area contributed by atoms with Crippen LogP contribution in [-0.2, 0) is 5.41 Å². The molecular weight excluding hydrogens is 707 g/mol. The maximum atomic E-state index is 6.58. The predicted molar refractivity (Wildman–Crippen MR) is 237 cm³/mol. The molecule has 1 aliphatic rings. The Hall–Kier alpha value is -7.43. The van der Waals surface area contributed by atoms with E-state index in [2.05, 4.69) is 178 Å². The Labute approximate surface area is 337 Å². The number of aromatic nitrogens is 3. The van der Waals surface area contributed by atoms with Crippen molar-refractivity contribution in [3.05, 3.63) is 199 Å². The first-order valence-electron chi connectivity index (χ1n) is 19.8. The van der Waals surface area contributed by atoms with E-state index in [0.29, 0.717) is 17.5 Å². The topological polar surface area (TPSA) is 51.8 Å². The van der Waals surface area contributed by atoms with Gasteiger partial charge in [-0.25, -0.2) is 15.0 Å². The molecule has 0 radical (unpaired) electrons. The number of nitrogens with zero attached hydrogens (tertiary/aromatic N) is 3. The molecule has 0 fully saturated rings. The van der Waals surface area contributed by atoms with Crippen LogP contribution >= 0.6 is 0 Å². The molecule has 2 heterocycles. The summed E-state index contributed by atoms with van der Waals surface area (Å²) in [5, 5.41) is 2.09. The van der Waals surface area contributed by atoms with Crippen molar-refractivity contribution in [1.29, 1.82) is 0 Å². The maximum absolute atomic E-state index is 6.58. The van der Waals surface area contributed by atoms with Crippen molar-refractivity contribution in [3.8, 4) is 78.7 Å². The smallest absolute Gasteiger partial charge is 0.167 e.